The lowest BCUT2D eigenvalue weighted by molar-refractivity contribution is 0.417. The average Bonchev–Trinajstić information content (AvgIpc) is 2.92. The molecule has 3 rings (SSSR count). The second kappa shape index (κ2) is 4.46. The Kier molecular flexibility index (Phi) is 3.03. The zero-order valence-corrected chi connectivity index (χ0v) is 12.3. The third-order valence-corrected chi connectivity index (χ3v) is 4.86. The molecule has 19 heavy (non-hydrogen) atoms. The first-order valence-electron chi connectivity index (χ1n) is 5.53. The number of halogens is 1. The summed E-state index contributed by atoms with van der Waals surface area (Å²) in [5.41, 5.74) is 0. The van der Waals surface area contributed by atoms with Gasteiger partial charge in [-0.05, 0) is 12.8 Å². The van der Waals surface area contributed by atoms with Gasteiger partial charge in [-0.1, -0.05) is 0 Å². The third-order valence-electron chi connectivity index (χ3n) is 2.83. The molecule has 0 unspecified atom stereocenters. The molecule has 0 atom stereocenters. The maximum Gasteiger partial charge on any atom is 0.296 e. The molecule has 0 spiro atoms. The molecule has 0 N–H and O–H groups in total. The molecule has 6 nitrogen and oxygen atoms in total. The van der Waals surface area contributed by atoms with Gasteiger partial charge in [0.1, 0.15) is 5.75 Å². The van der Waals surface area contributed by atoms with E-state index in [0.29, 0.717) is 11.6 Å². The molecule has 0 saturated heterocycles. The lowest BCUT2D eigenvalue weighted by Gasteiger charge is -2.05. The van der Waals surface area contributed by atoms with Crippen molar-refractivity contribution >= 4 is 31.1 Å². The predicted octanol–water partition coefficient (Wildman–Crippen LogP) is 2.28. The van der Waals surface area contributed by atoms with Crippen LogP contribution in [0.4, 0.5) is 0 Å². The minimum Gasteiger partial charge on any atom is -0.496 e. The Morgan fingerprint density at radius 1 is 1.47 bits per heavy atom. The number of ether oxygens (including phenoxy) is 1. The van der Waals surface area contributed by atoms with Crippen molar-refractivity contribution in [2.45, 2.75) is 24.0 Å². The van der Waals surface area contributed by atoms with Gasteiger partial charge in [-0.25, -0.2) is 8.42 Å². The summed E-state index contributed by atoms with van der Waals surface area (Å²) < 4.78 is 29.7. The fraction of sp³-hybridized carbons (Fsp3) is 0.400. The van der Waals surface area contributed by atoms with Crippen LogP contribution in [-0.4, -0.2) is 30.3 Å². The van der Waals surface area contributed by atoms with Gasteiger partial charge in [-0.2, -0.15) is 0 Å². The zero-order chi connectivity index (χ0) is 13.6. The second-order valence-corrected chi connectivity index (χ2v) is 7.57. The van der Waals surface area contributed by atoms with E-state index in [4.69, 9.17) is 15.4 Å². The highest BCUT2D eigenvalue weighted by Crippen LogP contribution is 2.42. The largest absolute Gasteiger partial charge is 0.496 e. The summed E-state index contributed by atoms with van der Waals surface area (Å²) >= 11 is 1.42. The normalized spacial score (nSPS) is 15.7. The van der Waals surface area contributed by atoms with Crippen LogP contribution in [0.3, 0.4) is 0 Å². The summed E-state index contributed by atoms with van der Waals surface area (Å²) in [5, 5.41) is 9.33. The van der Waals surface area contributed by atoms with Crippen LogP contribution in [0.1, 0.15) is 18.9 Å². The highest BCUT2D eigenvalue weighted by Gasteiger charge is 2.34. The monoisotopic (exact) mass is 319 g/mol. The first kappa shape index (κ1) is 12.9. The average molecular weight is 320 g/mol. The van der Waals surface area contributed by atoms with E-state index in [1.54, 1.807) is 17.7 Å². The van der Waals surface area contributed by atoms with Gasteiger partial charge in [0.25, 0.3) is 14.2 Å². The van der Waals surface area contributed by atoms with Crippen LogP contribution in [-0.2, 0) is 9.05 Å². The van der Waals surface area contributed by atoms with Crippen molar-refractivity contribution in [2.24, 2.45) is 0 Å². The Morgan fingerprint density at radius 2 is 2.21 bits per heavy atom. The molecule has 2 aromatic heterocycles. The van der Waals surface area contributed by atoms with E-state index < -0.39 is 9.05 Å². The number of nitrogens with zero attached hydrogens (tertiary/aromatic N) is 3. The van der Waals surface area contributed by atoms with Gasteiger partial charge < -0.3 is 4.74 Å². The van der Waals surface area contributed by atoms with Crippen molar-refractivity contribution < 1.29 is 13.2 Å². The van der Waals surface area contributed by atoms with E-state index >= 15 is 0 Å². The number of rotatable bonds is 4. The highest BCUT2D eigenvalue weighted by molar-refractivity contribution is 8.13. The van der Waals surface area contributed by atoms with E-state index in [-0.39, 0.29) is 11.2 Å². The van der Waals surface area contributed by atoms with E-state index in [1.165, 1.54) is 11.3 Å². The van der Waals surface area contributed by atoms with Crippen LogP contribution < -0.4 is 4.74 Å². The fourth-order valence-corrected chi connectivity index (χ4v) is 3.58. The minimum atomic E-state index is -3.89. The summed E-state index contributed by atoms with van der Waals surface area (Å²) in [5.74, 6) is 1.23. The molecule has 0 amide bonds. The molecule has 0 aromatic carbocycles. The van der Waals surface area contributed by atoms with Crippen molar-refractivity contribution in [3.05, 3.63) is 11.4 Å². The SMILES string of the molecule is COc1csc(-c2nnc(S(=O)(=O)Cl)n2C2CC2)c1. The first-order valence-corrected chi connectivity index (χ1v) is 8.72. The molecule has 9 heteroatoms. The molecule has 1 aliphatic rings. The molecule has 1 aliphatic carbocycles. The Bertz CT molecular complexity index is 718. The van der Waals surface area contributed by atoms with Gasteiger partial charge in [0.15, 0.2) is 5.82 Å². The molecule has 2 aromatic rings. The Labute approximate surface area is 118 Å². The van der Waals surface area contributed by atoms with Gasteiger partial charge in [0.2, 0.25) is 0 Å². The Balaban J connectivity index is 2.14. The zero-order valence-electron chi connectivity index (χ0n) is 9.91. The molecule has 102 valence electrons. The van der Waals surface area contributed by atoms with Crippen molar-refractivity contribution in [1.82, 2.24) is 14.8 Å². The summed E-state index contributed by atoms with van der Waals surface area (Å²) in [6.45, 7) is 0. The smallest absolute Gasteiger partial charge is 0.296 e. The van der Waals surface area contributed by atoms with Gasteiger partial charge in [0, 0.05) is 28.2 Å². The van der Waals surface area contributed by atoms with Crippen molar-refractivity contribution in [3.8, 4) is 16.5 Å². The number of methoxy groups -OCH3 is 1. The van der Waals surface area contributed by atoms with Gasteiger partial charge >= 0.3 is 0 Å². The quantitative estimate of drug-likeness (QED) is 0.808. The number of aromatic nitrogens is 3. The lowest BCUT2D eigenvalue weighted by Crippen LogP contribution is -2.05. The van der Waals surface area contributed by atoms with Crippen LogP contribution in [0.25, 0.3) is 10.7 Å². The second-order valence-electron chi connectivity index (χ2n) is 4.20. The maximum atomic E-state index is 11.5. The highest BCUT2D eigenvalue weighted by atomic mass is 35.7. The summed E-state index contributed by atoms with van der Waals surface area (Å²) in [7, 11) is 3.08. The Hall–Kier alpha value is -1.12. The molecular weight excluding hydrogens is 310 g/mol. The van der Waals surface area contributed by atoms with Crippen LogP contribution in [0.5, 0.6) is 5.75 Å². The molecular formula is C10H10ClN3O3S2. The van der Waals surface area contributed by atoms with E-state index in [9.17, 15) is 8.42 Å². The number of hydrogen-bond acceptors (Lipinski definition) is 6. The van der Waals surface area contributed by atoms with E-state index in [1.807, 2.05) is 5.38 Å². The van der Waals surface area contributed by atoms with Crippen LogP contribution >= 0.6 is 22.0 Å². The minimum absolute atomic E-state index is 0.113. The molecule has 0 aliphatic heterocycles. The van der Waals surface area contributed by atoms with E-state index in [0.717, 1.165) is 17.7 Å². The van der Waals surface area contributed by atoms with Crippen molar-refractivity contribution in [2.75, 3.05) is 7.11 Å². The summed E-state index contributed by atoms with van der Waals surface area (Å²) in [6.07, 6.45) is 1.82. The molecule has 2 heterocycles. The molecule has 0 radical (unpaired) electrons. The molecule has 1 fully saturated rings. The third kappa shape index (κ3) is 2.35. The van der Waals surface area contributed by atoms with Gasteiger partial charge in [-0.3, -0.25) is 4.57 Å². The van der Waals surface area contributed by atoms with Crippen LogP contribution in [0, 0.1) is 0 Å². The predicted molar refractivity (Wildman–Crippen MR) is 71.2 cm³/mol. The summed E-state index contributed by atoms with van der Waals surface area (Å²) in [4.78, 5) is 0.808. The van der Waals surface area contributed by atoms with Crippen LogP contribution in [0.2, 0.25) is 0 Å². The number of hydrogen-bond donors (Lipinski definition) is 0. The number of thiophene rings is 1. The topological polar surface area (TPSA) is 74.1 Å². The fourth-order valence-electron chi connectivity index (χ4n) is 1.82. The van der Waals surface area contributed by atoms with E-state index in [2.05, 4.69) is 10.2 Å². The van der Waals surface area contributed by atoms with Gasteiger partial charge in [-0.15, -0.1) is 21.5 Å². The Morgan fingerprint density at radius 3 is 2.74 bits per heavy atom. The molecule has 1 saturated carbocycles. The van der Waals surface area contributed by atoms with Crippen molar-refractivity contribution in [3.63, 3.8) is 0 Å². The standard InChI is InChI=1S/C10H10ClN3O3S2/c1-17-7-4-8(18-5-7)9-12-13-10(19(11,15)16)14(9)6-2-3-6/h4-6H,2-3H2,1H3. The maximum absolute atomic E-state index is 11.5. The lowest BCUT2D eigenvalue weighted by atomic mass is 10.4. The van der Waals surface area contributed by atoms with Gasteiger partial charge in [0.05, 0.1) is 12.0 Å². The summed E-state index contributed by atoms with van der Waals surface area (Å²) in [6, 6.07) is 1.92. The van der Waals surface area contributed by atoms with Crippen LogP contribution in [0.15, 0.2) is 16.6 Å². The first-order chi connectivity index (χ1) is 9.00. The molecule has 0 bridgehead atoms. The van der Waals surface area contributed by atoms with Crippen molar-refractivity contribution in [1.29, 1.82) is 0 Å².